The van der Waals surface area contributed by atoms with Crippen molar-refractivity contribution in [3.63, 3.8) is 0 Å². The van der Waals surface area contributed by atoms with Crippen LogP contribution in [0.15, 0.2) is 53.6 Å². The monoisotopic (exact) mass is 281 g/mol. The Hall–Kier alpha value is -3.22. The van der Waals surface area contributed by atoms with E-state index in [0.717, 1.165) is 22.3 Å². The third kappa shape index (κ3) is 2.00. The molecule has 0 amide bonds. The molecule has 2 aromatic rings. The van der Waals surface area contributed by atoms with Crippen molar-refractivity contribution >= 4 is 11.7 Å². The van der Waals surface area contributed by atoms with Crippen LogP contribution in [-0.2, 0) is 0 Å². The van der Waals surface area contributed by atoms with E-state index in [1.54, 1.807) is 0 Å². The van der Waals surface area contributed by atoms with Gasteiger partial charge in [-0.2, -0.15) is 0 Å². The molecule has 0 saturated carbocycles. The minimum atomic E-state index is -0.821. The van der Waals surface area contributed by atoms with E-state index in [1.807, 2.05) is 48.5 Å². The average molecular weight is 281 g/mol. The number of hydrazone groups is 1. The van der Waals surface area contributed by atoms with Crippen molar-refractivity contribution in [2.24, 2.45) is 10.8 Å². The van der Waals surface area contributed by atoms with Gasteiger partial charge in [0.25, 0.3) is 5.96 Å². The summed E-state index contributed by atoms with van der Waals surface area (Å²) in [5.74, 6) is -0.741. The van der Waals surface area contributed by atoms with E-state index in [4.69, 9.17) is 11.1 Å². The van der Waals surface area contributed by atoms with E-state index in [9.17, 15) is 10.1 Å². The summed E-state index contributed by atoms with van der Waals surface area (Å²) in [6.07, 6.45) is 0. The summed E-state index contributed by atoms with van der Waals surface area (Å²) in [5, 5.41) is 21.6. The molecule has 0 fully saturated rings. The number of rotatable bonds is 2. The summed E-state index contributed by atoms with van der Waals surface area (Å²) in [6.45, 7) is 0. The van der Waals surface area contributed by atoms with Gasteiger partial charge in [-0.1, -0.05) is 36.4 Å². The Labute approximate surface area is 119 Å². The predicted molar refractivity (Wildman–Crippen MR) is 78.3 cm³/mol. The number of nitrogens with two attached hydrogens (primary N) is 1. The molecule has 0 bridgehead atoms. The van der Waals surface area contributed by atoms with Crippen LogP contribution < -0.4 is 5.73 Å². The van der Waals surface area contributed by atoms with Crippen LogP contribution >= 0.6 is 0 Å². The Morgan fingerprint density at radius 2 is 1.48 bits per heavy atom. The number of fused-ring (bicyclic) bond motifs is 3. The van der Waals surface area contributed by atoms with Crippen LogP contribution in [0.2, 0.25) is 0 Å². The quantitative estimate of drug-likeness (QED) is 0.323. The SMILES string of the molecule is N=C(N)N(N=C1c2ccccc2-c2ccccc21)[N+](=O)[O-]. The number of guanidine groups is 1. The summed E-state index contributed by atoms with van der Waals surface area (Å²) < 4.78 is 0. The van der Waals surface area contributed by atoms with Gasteiger partial charge in [0.1, 0.15) is 0 Å². The zero-order valence-electron chi connectivity index (χ0n) is 10.9. The fourth-order valence-corrected chi connectivity index (χ4v) is 2.37. The first-order chi connectivity index (χ1) is 10.1. The van der Waals surface area contributed by atoms with Gasteiger partial charge in [-0.3, -0.25) is 5.41 Å². The smallest absolute Gasteiger partial charge is 0.280 e. The maximum atomic E-state index is 11.0. The van der Waals surface area contributed by atoms with Gasteiger partial charge >= 0.3 is 0 Å². The van der Waals surface area contributed by atoms with Gasteiger partial charge < -0.3 is 15.8 Å². The first-order valence-electron chi connectivity index (χ1n) is 6.16. The Kier molecular flexibility index (Phi) is 2.87. The highest BCUT2D eigenvalue weighted by atomic mass is 16.7. The number of nitrogens with zero attached hydrogens (tertiary/aromatic N) is 3. The normalized spacial score (nSPS) is 11.5. The van der Waals surface area contributed by atoms with Gasteiger partial charge in [0.15, 0.2) is 0 Å². The van der Waals surface area contributed by atoms with E-state index in [2.05, 4.69) is 5.10 Å². The van der Waals surface area contributed by atoms with Crippen molar-refractivity contribution < 1.29 is 5.03 Å². The third-order valence-electron chi connectivity index (χ3n) is 3.22. The zero-order valence-corrected chi connectivity index (χ0v) is 10.9. The number of benzene rings is 2. The number of nitro groups is 1. The molecule has 0 aromatic heterocycles. The van der Waals surface area contributed by atoms with Gasteiger partial charge in [-0.15, -0.1) is 0 Å². The molecule has 3 N–H and O–H groups in total. The molecular weight excluding hydrogens is 270 g/mol. The fourth-order valence-electron chi connectivity index (χ4n) is 2.37. The second-order valence-corrected chi connectivity index (χ2v) is 4.45. The van der Waals surface area contributed by atoms with Gasteiger partial charge in [0.2, 0.25) is 5.71 Å². The van der Waals surface area contributed by atoms with Crippen LogP contribution in [-0.4, -0.2) is 21.8 Å². The van der Waals surface area contributed by atoms with Crippen LogP contribution in [0, 0.1) is 15.5 Å². The molecule has 104 valence electrons. The molecule has 21 heavy (non-hydrogen) atoms. The topological polar surface area (TPSA) is 109 Å². The molecule has 7 nitrogen and oxygen atoms in total. The molecule has 2 aromatic carbocycles. The highest BCUT2D eigenvalue weighted by Gasteiger charge is 2.31. The Balaban J connectivity index is 2.23. The summed E-state index contributed by atoms with van der Waals surface area (Å²) in [4.78, 5) is 11.0. The molecule has 1 aliphatic rings. The number of hydrazine groups is 1. The number of hydrogen-bond acceptors (Lipinski definition) is 4. The molecule has 0 saturated heterocycles. The van der Waals surface area contributed by atoms with E-state index < -0.39 is 11.0 Å². The molecule has 0 unspecified atom stereocenters. The Morgan fingerprint density at radius 1 is 1.05 bits per heavy atom. The van der Waals surface area contributed by atoms with Crippen molar-refractivity contribution in [3.05, 3.63) is 69.8 Å². The second-order valence-electron chi connectivity index (χ2n) is 4.45. The number of nitrogens with one attached hydrogen (secondary N) is 1. The summed E-state index contributed by atoms with van der Waals surface area (Å²) >= 11 is 0. The van der Waals surface area contributed by atoms with Crippen LogP contribution in [0.1, 0.15) is 11.1 Å². The molecule has 0 aliphatic heterocycles. The van der Waals surface area contributed by atoms with E-state index in [-0.39, 0.29) is 5.12 Å². The van der Waals surface area contributed by atoms with E-state index >= 15 is 0 Å². The van der Waals surface area contributed by atoms with Crippen LogP contribution in [0.5, 0.6) is 0 Å². The summed E-state index contributed by atoms with van der Waals surface area (Å²) in [5.41, 5.74) is 9.14. The lowest BCUT2D eigenvalue weighted by molar-refractivity contribution is -0.631. The average Bonchev–Trinajstić information content (AvgIpc) is 2.78. The van der Waals surface area contributed by atoms with E-state index in [0.29, 0.717) is 5.71 Å². The summed E-state index contributed by atoms with van der Waals surface area (Å²) in [7, 11) is 0. The zero-order chi connectivity index (χ0) is 15.0. The maximum absolute atomic E-state index is 11.0. The standard InChI is InChI=1S/C14H11N5O2/c15-14(16)18(19(20)21)17-13-11-7-3-1-5-9(11)10-6-2-4-8-12(10)13/h1-8H,(H3,15,16). The molecule has 1 aliphatic carbocycles. The fraction of sp³-hybridized carbons (Fsp3) is 0. The number of hydrogen-bond donors (Lipinski definition) is 2. The van der Waals surface area contributed by atoms with Gasteiger partial charge in [0, 0.05) is 11.1 Å². The third-order valence-corrected chi connectivity index (χ3v) is 3.22. The Morgan fingerprint density at radius 3 is 1.86 bits per heavy atom. The highest BCUT2D eigenvalue weighted by molar-refractivity contribution is 6.24. The molecule has 0 atom stereocenters. The predicted octanol–water partition coefficient (Wildman–Crippen LogP) is 1.81. The van der Waals surface area contributed by atoms with Crippen LogP contribution in [0.3, 0.4) is 0 Å². The van der Waals surface area contributed by atoms with Crippen molar-refractivity contribution in [3.8, 4) is 11.1 Å². The van der Waals surface area contributed by atoms with Gasteiger partial charge in [-0.05, 0) is 23.3 Å². The molecule has 0 heterocycles. The molecule has 3 rings (SSSR count). The van der Waals surface area contributed by atoms with E-state index in [1.165, 1.54) is 0 Å². The molecule has 0 radical (unpaired) electrons. The van der Waals surface area contributed by atoms with Gasteiger partial charge in [-0.25, -0.2) is 0 Å². The minimum absolute atomic E-state index is 0.272. The Bertz CT molecular complexity index is 723. The lowest BCUT2D eigenvalue weighted by Crippen LogP contribution is -2.37. The first-order valence-corrected chi connectivity index (χ1v) is 6.16. The van der Waals surface area contributed by atoms with Crippen LogP contribution in [0.25, 0.3) is 11.1 Å². The van der Waals surface area contributed by atoms with Gasteiger partial charge in [0.05, 0.1) is 15.3 Å². The minimum Gasteiger partial charge on any atom is -0.363 e. The first kappa shape index (κ1) is 12.8. The van der Waals surface area contributed by atoms with Crippen LogP contribution in [0.4, 0.5) is 0 Å². The molecule has 0 spiro atoms. The lowest BCUT2D eigenvalue weighted by Gasteiger charge is -2.06. The molecule has 7 heteroatoms. The molecular formula is C14H11N5O2. The summed E-state index contributed by atoms with van der Waals surface area (Å²) in [6, 6.07) is 15.0. The maximum Gasteiger partial charge on any atom is 0.280 e. The highest BCUT2D eigenvalue weighted by Crippen LogP contribution is 2.36. The largest absolute Gasteiger partial charge is 0.363 e. The second kappa shape index (κ2) is 4.71. The van der Waals surface area contributed by atoms with Crippen molar-refractivity contribution in [2.45, 2.75) is 0 Å². The van der Waals surface area contributed by atoms with Crippen molar-refractivity contribution in [2.75, 3.05) is 0 Å². The lowest BCUT2D eigenvalue weighted by atomic mass is 10.1. The van der Waals surface area contributed by atoms with Crippen molar-refractivity contribution in [1.82, 2.24) is 5.12 Å². The van der Waals surface area contributed by atoms with Crippen molar-refractivity contribution in [1.29, 1.82) is 5.41 Å².